The van der Waals surface area contributed by atoms with Crippen molar-refractivity contribution in [1.29, 1.82) is 0 Å². The number of carbonyl (C=O) groups excluding carboxylic acids is 1. The van der Waals surface area contributed by atoms with Gasteiger partial charge in [0.25, 0.3) is 5.91 Å². The predicted octanol–water partition coefficient (Wildman–Crippen LogP) is 3.94. The van der Waals surface area contributed by atoms with Gasteiger partial charge in [-0.1, -0.05) is 17.4 Å². The Labute approximate surface area is 165 Å². The summed E-state index contributed by atoms with van der Waals surface area (Å²) in [5.74, 6) is -1.48. The maximum atomic E-state index is 13.4. The van der Waals surface area contributed by atoms with Gasteiger partial charge in [-0.2, -0.15) is 0 Å². The quantitative estimate of drug-likeness (QED) is 0.662. The Morgan fingerprint density at radius 3 is 2.64 bits per heavy atom. The lowest BCUT2D eigenvalue weighted by atomic mass is 10.1. The van der Waals surface area contributed by atoms with Gasteiger partial charge in [0.15, 0.2) is 16.8 Å². The molecular weight excluding hydrogens is 384 g/mol. The number of aromatic nitrogens is 1. The summed E-state index contributed by atoms with van der Waals surface area (Å²) in [6.45, 7) is 4.75. The fourth-order valence-corrected chi connectivity index (χ4v) is 4.27. The number of hydrogen-bond acceptors (Lipinski definition) is 5. The van der Waals surface area contributed by atoms with E-state index < -0.39 is 11.6 Å². The van der Waals surface area contributed by atoms with Crippen LogP contribution in [0, 0.1) is 11.6 Å². The highest BCUT2D eigenvalue weighted by Gasteiger charge is 2.25. The lowest BCUT2D eigenvalue weighted by Gasteiger charge is -2.34. The molecule has 1 fully saturated rings. The number of carbonyl (C=O) groups is 1. The largest absolute Gasteiger partial charge is 0.492 e. The van der Waals surface area contributed by atoms with E-state index in [1.807, 2.05) is 25.1 Å². The van der Waals surface area contributed by atoms with Crippen LogP contribution in [0.15, 0.2) is 36.4 Å². The van der Waals surface area contributed by atoms with Crippen LogP contribution in [0.4, 0.5) is 13.9 Å². The molecule has 2 heterocycles. The summed E-state index contributed by atoms with van der Waals surface area (Å²) in [6.07, 6.45) is 0. The van der Waals surface area contributed by atoms with Gasteiger partial charge in [-0.05, 0) is 37.3 Å². The molecule has 4 rings (SSSR count). The van der Waals surface area contributed by atoms with Crippen LogP contribution in [0.25, 0.3) is 10.2 Å². The number of para-hydroxylation sites is 1. The standard InChI is InChI=1S/C20H19F2N3O2S/c1-2-27-16-4-3-5-17-18(16)23-20(28-17)25-10-8-24(9-11-25)19(26)13-6-7-14(21)15(22)12-13/h3-7,12H,2,8-11H2,1H3. The number of rotatable bonds is 4. The Kier molecular flexibility index (Phi) is 5.13. The highest BCUT2D eigenvalue weighted by molar-refractivity contribution is 7.22. The second-order valence-electron chi connectivity index (χ2n) is 6.44. The maximum Gasteiger partial charge on any atom is 0.254 e. The average molecular weight is 403 g/mol. The summed E-state index contributed by atoms with van der Waals surface area (Å²) in [7, 11) is 0. The van der Waals surface area contributed by atoms with Crippen molar-refractivity contribution in [3.8, 4) is 5.75 Å². The molecule has 8 heteroatoms. The van der Waals surface area contributed by atoms with Gasteiger partial charge < -0.3 is 14.5 Å². The van der Waals surface area contributed by atoms with Gasteiger partial charge in [-0.15, -0.1) is 0 Å². The maximum absolute atomic E-state index is 13.4. The molecule has 146 valence electrons. The van der Waals surface area contributed by atoms with Crippen molar-refractivity contribution in [3.05, 3.63) is 53.6 Å². The Balaban J connectivity index is 1.46. The fraction of sp³-hybridized carbons (Fsp3) is 0.300. The molecule has 5 nitrogen and oxygen atoms in total. The summed E-state index contributed by atoms with van der Waals surface area (Å²) in [6, 6.07) is 9.13. The first kappa shape index (κ1) is 18.6. The predicted molar refractivity (Wildman–Crippen MR) is 105 cm³/mol. The van der Waals surface area contributed by atoms with E-state index >= 15 is 0 Å². The lowest BCUT2D eigenvalue weighted by molar-refractivity contribution is 0.0746. The molecule has 0 atom stereocenters. The third kappa shape index (κ3) is 3.52. The average Bonchev–Trinajstić information content (AvgIpc) is 3.15. The van der Waals surface area contributed by atoms with Crippen LogP contribution >= 0.6 is 11.3 Å². The first-order valence-electron chi connectivity index (χ1n) is 9.08. The number of nitrogens with zero attached hydrogens (tertiary/aromatic N) is 3. The van der Waals surface area contributed by atoms with E-state index in [0.29, 0.717) is 32.8 Å². The molecule has 1 aliphatic heterocycles. The van der Waals surface area contributed by atoms with Gasteiger partial charge in [0.2, 0.25) is 0 Å². The first-order chi connectivity index (χ1) is 13.6. The van der Waals surface area contributed by atoms with Crippen molar-refractivity contribution >= 4 is 32.6 Å². The molecule has 1 saturated heterocycles. The molecular formula is C20H19F2N3O2S. The minimum Gasteiger partial charge on any atom is -0.492 e. The Bertz CT molecular complexity index is 1020. The van der Waals surface area contributed by atoms with E-state index in [-0.39, 0.29) is 11.5 Å². The summed E-state index contributed by atoms with van der Waals surface area (Å²) < 4.78 is 33.2. The van der Waals surface area contributed by atoms with Crippen LogP contribution in [0.2, 0.25) is 0 Å². The number of amides is 1. The van der Waals surface area contributed by atoms with E-state index in [1.165, 1.54) is 6.07 Å². The number of thiazole rings is 1. The van der Waals surface area contributed by atoms with Gasteiger partial charge in [0.1, 0.15) is 11.3 Å². The van der Waals surface area contributed by atoms with Gasteiger partial charge >= 0.3 is 0 Å². The number of halogens is 2. The monoisotopic (exact) mass is 403 g/mol. The molecule has 1 aliphatic rings. The minimum absolute atomic E-state index is 0.161. The Morgan fingerprint density at radius 2 is 1.93 bits per heavy atom. The molecule has 1 amide bonds. The molecule has 2 aromatic carbocycles. The van der Waals surface area contributed by atoms with E-state index in [2.05, 4.69) is 4.90 Å². The highest BCUT2D eigenvalue weighted by Crippen LogP contribution is 2.34. The first-order valence-corrected chi connectivity index (χ1v) is 9.90. The van der Waals surface area contributed by atoms with Gasteiger partial charge in [0.05, 0.1) is 11.3 Å². The van der Waals surface area contributed by atoms with E-state index in [0.717, 1.165) is 33.2 Å². The minimum atomic E-state index is -1.01. The number of benzene rings is 2. The summed E-state index contributed by atoms with van der Waals surface area (Å²) in [5, 5.41) is 0.891. The summed E-state index contributed by atoms with van der Waals surface area (Å²) >= 11 is 1.59. The molecule has 28 heavy (non-hydrogen) atoms. The van der Waals surface area contributed by atoms with Crippen LogP contribution in [0.5, 0.6) is 5.75 Å². The molecule has 0 aliphatic carbocycles. The third-order valence-electron chi connectivity index (χ3n) is 4.67. The van der Waals surface area contributed by atoms with Crippen molar-refractivity contribution in [3.63, 3.8) is 0 Å². The zero-order valence-corrected chi connectivity index (χ0v) is 16.1. The summed E-state index contributed by atoms with van der Waals surface area (Å²) in [5.41, 5.74) is 1.01. The van der Waals surface area contributed by atoms with Crippen LogP contribution in [-0.2, 0) is 0 Å². The van der Waals surface area contributed by atoms with Crippen LogP contribution in [-0.4, -0.2) is 48.6 Å². The second kappa shape index (κ2) is 7.71. The number of hydrogen-bond donors (Lipinski definition) is 0. The zero-order chi connectivity index (χ0) is 19.7. The lowest BCUT2D eigenvalue weighted by Crippen LogP contribution is -2.48. The highest BCUT2D eigenvalue weighted by atomic mass is 32.1. The van der Waals surface area contributed by atoms with Crippen LogP contribution in [0.3, 0.4) is 0 Å². The third-order valence-corrected chi connectivity index (χ3v) is 5.76. The molecule has 0 radical (unpaired) electrons. The van der Waals surface area contributed by atoms with Crippen molar-refractivity contribution in [2.24, 2.45) is 0 Å². The topological polar surface area (TPSA) is 45.7 Å². The van der Waals surface area contributed by atoms with Gasteiger partial charge in [-0.25, -0.2) is 13.8 Å². The zero-order valence-electron chi connectivity index (χ0n) is 15.3. The van der Waals surface area contributed by atoms with Crippen molar-refractivity contribution < 1.29 is 18.3 Å². The molecule has 0 N–H and O–H groups in total. The fourth-order valence-electron chi connectivity index (χ4n) is 3.23. The van der Waals surface area contributed by atoms with Gasteiger partial charge in [0, 0.05) is 31.7 Å². The molecule has 0 spiro atoms. The normalized spacial score (nSPS) is 14.5. The van der Waals surface area contributed by atoms with E-state index in [1.54, 1.807) is 16.2 Å². The second-order valence-corrected chi connectivity index (χ2v) is 7.45. The molecule has 1 aromatic heterocycles. The Hall–Kier alpha value is -2.74. The van der Waals surface area contributed by atoms with Crippen LogP contribution < -0.4 is 9.64 Å². The molecule has 3 aromatic rings. The van der Waals surface area contributed by atoms with E-state index in [4.69, 9.17) is 9.72 Å². The summed E-state index contributed by atoms with van der Waals surface area (Å²) in [4.78, 5) is 21.1. The number of fused-ring (bicyclic) bond motifs is 1. The molecule has 0 unspecified atom stereocenters. The molecule has 0 bridgehead atoms. The van der Waals surface area contributed by atoms with Crippen molar-refractivity contribution in [1.82, 2.24) is 9.88 Å². The molecule has 0 saturated carbocycles. The number of anilines is 1. The van der Waals surface area contributed by atoms with Crippen molar-refractivity contribution in [2.45, 2.75) is 6.92 Å². The van der Waals surface area contributed by atoms with Crippen molar-refractivity contribution in [2.75, 3.05) is 37.7 Å². The number of ether oxygens (including phenoxy) is 1. The van der Waals surface area contributed by atoms with Gasteiger partial charge in [-0.3, -0.25) is 4.79 Å². The number of piperazine rings is 1. The van der Waals surface area contributed by atoms with Crippen LogP contribution in [0.1, 0.15) is 17.3 Å². The smallest absolute Gasteiger partial charge is 0.254 e. The SMILES string of the molecule is CCOc1cccc2sc(N3CCN(C(=O)c4ccc(F)c(F)c4)CC3)nc12. The Morgan fingerprint density at radius 1 is 1.14 bits per heavy atom. The van der Waals surface area contributed by atoms with E-state index in [9.17, 15) is 13.6 Å².